The van der Waals surface area contributed by atoms with E-state index in [0.29, 0.717) is 19.6 Å². The molecule has 0 saturated carbocycles. The number of unbranched alkanes of at least 4 members (excludes halogenated alkanes) is 2. The zero-order valence-corrected chi connectivity index (χ0v) is 21.7. The van der Waals surface area contributed by atoms with Crippen molar-refractivity contribution in [2.24, 2.45) is 17.8 Å². The van der Waals surface area contributed by atoms with Crippen LogP contribution in [-0.4, -0.2) is 92.9 Å². The van der Waals surface area contributed by atoms with Crippen LogP contribution in [0.3, 0.4) is 0 Å². The molecule has 0 aromatic heterocycles. The summed E-state index contributed by atoms with van der Waals surface area (Å²) in [6.45, 7) is 7.70. The quantitative estimate of drug-likeness (QED) is 0.418. The summed E-state index contributed by atoms with van der Waals surface area (Å²) in [5, 5.41) is 10.3. The lowest BCUT2D eigenvalue weighted by molar-refractivity contribution is -0.147. The Morgan fingerprint density at radius 3 is 2.56 bits per heavy atom. The van der Waals surface area contributed by atoms with Gasteiger partial charge in [-0.2, -0.15) is 0 Å². The second-order valence-electron chi connectivity index (χ2n) is 10.3. The van der Waals surface area contributed by atoms with Crippen molar-refractivity contribution in [3.8, 4) is 0 Å². The Hall–Kier alpha value is -1.80. The van der Waals surface area contributed by atoms with Crippen molar-refractivity contribution >= 4 is 29.5 Å². The molecular weight excluding hydrogens is 450 g/mol. The summed E-state index contributed by atoms with van der Waals surface area (Å²) in [5.41, 5.74) is 0. The van der Waals surface area contributed by atoms with Crippen molar-refractivity contribution in [1.29, 1.82) is 0 Å². The van der Waals surface area contributed by atoms with Crippen LogP contribution in [0.5, 0.6) is 0 Å². The van der Waals surface area contributed by atoms with Crippen molar-refractivity contribution in [3.05, 3.63) is 24.3 Å². The van der Waals surface area contributed by atoms with Gasteiger partial charge in [0.2, 0.25) is 17.7 Å². The van der Waals surface area contributed by atoms with Crippen LogP contribution in [0.2, 0.25) is 0 Å². The summed E-state index contributed by atoms with van der Waals surface area (Å²) in [5.74, 6) is -1.32. The van der Waals surface area contributed by atoms with Crippen molar-refractivity contribution in [3.63, 3.8) is 0 Å². The number of amides is 3. The Kier molecular flexibility index (Phi) is 7.48. The Labute approximate surface area is 207 Å². The number of likely N-dealkylation sites (N-methyl/N-ethyl adjacent to an activating group) is 1. The third-order valence-electron chi connectivity index (χ3n) is 8.26. The van der Waals surface area contributed by atoms with Crippen LogP contribution in [-0.2, 0) is 14.4 Å². The molecule has 8 heteroatoms. The predicted molar refractivity (Wildman–Crippen MR) is 134 cm³/mol. The summed E-state index contributed by atoms with van der Waals surface area (Å²) in [6.07, 6.45) is 12.0. The van der Waals surface area contributed by atoms with Gasteiger partial charge in [0.05, 0.1) is 29.2 Å². The smallest absolute Gasteiger partial charge is 0.247 e. The molecule has 34 heavy (non-hydrogen) atoms. The maximum absolute atomic E-state index is 14.2. The third kappa shape index (κ3) is 3.91. The van der Waals surface area contributed by atoms with Crippen LogP contribution in [0.4, 0.5) is 0 Å². The van der Waals surface area contributed by atoms with Gasteiger partial charge in [0.15, 0.2) is 0 Å². The highest BCUT2D eigenvalue weighted by atomic mass is 32.2. The molecule has 188 valence electrons. The van der Waals surface area contributed by atoms with Gasteiger partial charge in [-0.05, 0) is 12.3 Å². The molecule has 4 rings (SSSR count). The number of hydrogen-bond acceptors (Lipinski definition) is 5. The van der Waals surface area contributed by atoms with Crippen molar-refractivity contribution in [1.82, 2.24) is 14.7 Å². The number of carbonyl (C=O) groups excluding carboxylic acids is 3. The molecule has 7 atom stereocenters. The average Bonchev–Trinajstić information content (AvgIpc) is 3.15. The molecule has 0 radical (unpaired) electrons. The lowest BCUT2D eigenvalue weighted by atomic mass is 9.78. The van der Waals surface area contributed by atoms with Crippen molar-refractivity contribution in [2.45, 2.75) is 68.5 Å². The van der Waals surface area contributed by atoms with Crippen molar-refractivity contribution in [2.75, 3.05) is 33.3 Å². The van der Waals surface area contributed by atoms with E-state index in [2.05, 4.69) is 19.1 Å². The second kappa shape index (κ2) is 10.1. The number of rotatable bonds is 8. The zero-order valence-electron chi connectivity index (χ0n) is 20.9. The van der Waals surface area contributed by atoms with Gasteiger partial charge < -0.3 is 19.8 Å². The van der Waals surface area contributed by atoms with E-state index < -0.39 is 28.7 Å². The van der Waals surface area contributed by atoms with Crippen LogP contribution in [0.25, 0.3) is 0 Å². The molecule has 0 aromatic rings. The van der Waals surface area contributed by atoms with Crippen LogP contribution >= 0.6 is 11.8 Å². The maximum atomic E-state index is 14.2. The lowest BCUT2D eigenvalue weighted by Crippen LogP contribution is -2.57. The minimum absolute atomic E-state index is 0.0339. The van der Waals surface area contributed by atoms with Gasteiger partial charge in [-0.3, -0.25) is 14.4 Å². The van der Waals surface area contributed by atoms with E-state index in [9.17, 15) is 19.5 Å². The number of carbonyl (C=O) groups is 3. The fourth-order valence-corrected chi connectivity index (χ4v) is 8.17. The summed E-state index contributed by atoms with van der Waals surface area (Å²) in [4.78, 5) is 47.1. The van der Waals surface area contributed by atoms with Gasteiger partial charge in [0.1, 0.15) is 6.04 Å². The first-order valence-corrected chi connectivity index (χ1v) is 13.7. The van der Waals surface area contributed by atoms with Gasteiger partial charge in [0.25, 0.3) is 0 Å². The molecule has 2 saturated heterocycles. The van der Waals surface area contributed by atoms with E-state index in [1.54, 1.807) is 28.6 Å². The number of aliphatic hydroxyl groups excluding tert-OH is 1. The maximum Gasteiger partial charge on any atom is 0.247 e. The van der Waals surface area contributed by atoms with E-state index in [4.69, 9.17) is 0 Å². The largest absolute Gasteiger partial charge is 0.394 e. The van der Waals surface area contributed by atoms with Crippen LogP contribution in [0, 0.1) is 17.8 Å². The van der Waals surface area contributed by atoms with E-state index in [-0.39, 0.29) is 35.5 Å². The van der Waals surface area contributed by atoms with Gasteiger partial charge in [0, 0.05) is 31.9 Å². The van der Waals surface area contributed by atoms with Gasteiger partial charge in [-0.25, -0.2) is 0 Å². The molecule has 4 heterocycles. The minimum atomic E-state index is -0.804. The third-order valence-corrected chi connectivity index (χ3v) is 10.0. The zero-order chi connectivity index (χ0) is 24.6. The normalized spacial score (nSPS) is 34.6. The molecule has 0 aromatic carbocycles. The minimum Gasteiger partial charge on any atom is -0.394 e. The Morgan fingerprint density at radius 1 is 1.12 bits per heavy atom. The molecule has 0 aliphatic carbocycles. The summed E-state index contributed by atoms with van der Waals surface area (Å²) < 4.78 is -0.804. The Morgan fingerprint density at radius 2 is 1.88 bits per heavy atom. The number of hydrogen-bond donors (Lipinski definition) is 1. The molecule has 4 aliphatic heterocycles. The molecule has 3 amide bonds. The topological polar surface area (TPSA) is 81.2 Å². The molecule has 0 bridgehead atoms. The molecular formula is C26H39N3O4S. The number of aliphatic hydroxyl groups is 1. The average molecular weight is 490 g/mol. The van der Waals surface area contributed by atoms with E-state index >= 15 is 0 Å². The molecule has 1 N–H and O–H groups in total. The molecule has 1 spiro atoms. The Balaban J connectivity index is 1.81. The number of thioether (sulfide) groups is 1. The molecule has 4 aliphatic rings. The predicted octanol–water partition coefficient (Wildman–Crippen LogP) is 2.31. The lowest BCUT2D eigenvalue weighted by Gasteiger charge is -2.40. The SMILES string of the molecule is CCCCCN1CC=C[C@]23S[C@H]4C=CCN(C)C(=O)[C@H]4[C@H]2C(=O)N([C@@H](CO)[C@@H](C)CC)C3C1=O. The number of likely N-dealkylation sites (tertiary alicyclic amines) is 1. The highest BCUT2D eigenvalue weighted by Crippen LogP contribution is 2.61. The van der Waals surface area contributed by atoms with E-state index in [0.717, 1.165) is 25.7 Å². The van der Waals surface area contributed by atoms with Gasteiger partial charge in [-0.1, -0.05) is 64.3 Å². The van der Waals surface area contributed by atoms with Crippen molar-refractivity contribution < 1.29 is 19.5 Å². The highest BCUT2D eigenvalue weighted by Gasteiger charge is 2.71. The fraction of sp³-hybridized carbons (Fsp3) is 0.731. The molecule has 7 nitrogen and oxygen atoms in total. The first kappa shape index (κ1) is 25.3. The van der Waals surface area contributed by atoms with E-state index in [1.165, 1.54) is 0 Å². The fourth-order valence-electron chi connectivity index (χ4n) is 6.17. The van der Waals surface area contributed by atoms with Gasteiger partial charge >= 0.3 is 0 Å². The highest BCUT2D eigenvalue weighted by molar-refractivity contribution is 8.02. The van der Waals surface area contributed by atoms with Gasteiger partial charge in [-0.15, -0.1) is 11.8 Å². The first-order chi connectivity index (χ1) is 16.3. The monoisotopic (exact) mass is 489 g/mol. The number of fused-ring (bicyclic) bond motifs is 2. The summed E-state index contributed by atoms with van der Waals surface area (Å²) in [6, 6.07) is -1.16. The second-order valence-corrected chi connectivity index (χ2v) is 11.8. The molecule has 2 fully saturated rings. The van der Waals surface area contributed by atoms with Crippen LogP contribution in [0.1, 0.15) is 46.5 Å². The summed E-state index contributed by atoms with van der Waals surface area (Å²) in [7, 11) is 1.78. The van der Waals surface area contributed by atoms with Crippen LogP contribution < -0.4 is 0 Å². The number of nitrogens with zero attached hydrogens (tertiary/aromatic N) is 3. The molecule has 1 unspecified atom stereocenters. The first-order valence-electron chi connectivity index (χ1n) is 12.8. The van der Waals surface area contributed by atoms with E-state index in [1.807, 2.05) is 30.9 Å². The summed E-state index contributed by atoms with van der Waals surface area (Å²) >= 11 is 1.61. The standard InChI is InChI=1S/C26H39N3O4S/c1-5-7-8-14-28-15-10-12-26-21(20-19(34-26)11-9-13-27(4)23(20)31)24(32)29(22(26)25(28)33)18(16-30)17(3)6-2/h9-12,17-22,30H,5-8,13-16H2,1-4H3/t17-,18-,19-,20+,21-,22?,26-/m0/s1. The van der Waals surface area contributed by atoms with Crippen LogP contribution in [0.15, 0.2) is 24.3 Å². The Bertz CT molecular complexity index is 876.